The summed E-state index contributed by atoms with van der Waals surface area (Å²) in [5.41, 5.74) is 1.71. The topological polar surface area (TPSA) is 83.3 Å². The molecule has 0 aliphatic rings. The molecular weight excluding hydrogens is 410 g/mol. The monoisotopic (exact) mass is 427 g/mol. The van der Waals surface area contributed by atoms with Crippen molar-refractivity contribution in [2.45, 2.75) is 18.0 Å². The van der Waals surface area contributed by atoms with E-state index in [1.54, 1.807) is 54.9 Å². The number of para-hydroxylation sites is 1. The molecule has 0 fully saturated rings. The summed E-state index contributed by atoms with van der Waals surface area (Å²) in [4.78, 5) is 4.07. The number of rotatable bonds is 7. The summed E-state index contributed by atoms with van der Waals surface area (Å²) in [5, 5.41) is 9.66. The standard InChI is InChI=1S/C21H18ClN3O3S/c1-28-21-17(13-23)4-2-5-18(21)15-25(14-16-8-10-24-11-9-16)29(26,27)20-7-3-6-19(22)12-20/h2-12H,14-15H2,1H3. The lowest BCUT2D eigenvalue weighted by molar-refractivity contribution is 0.375. The van der Waals surface area contributed by atoms with Crippen LogP contribution >= 0.6 is 11.6 Å². The van der Waals surface area contributed by atoms with Gasteiger partial charge in [0.05, 0.1) is 17.6 Å². The third-order valence-corrected chi connectivity index (χ3v) is 6.33. The Labute approximate surface area is 175 Å². The molecule has 3 rings (SSSR count). The molecule has 2 aromatic carbocycles. The Morgan fingerprint density at radius 3 is 2.48 bits per heavy atom. The minimum atomic E-state index is -3.87. The number of pyridine rings is 1. The van der Waals surface area contributed by atoms with Crippen LogP contribution in [-0.4, -0.2) is 24.8 Å². The molecule has 1 heterocycles. The van der Waals surface area contributed by atoms with E-state index >= 15 is 0 Å². The van der Waals surface area contributed by atoms with E-state index in [1.807, 2.05) is 0 Å². The van der Waals surface area contributed by atoms with Crippen LogP contribution in [0.1, 0.15) is 16.7 Å². The van der Waals surface area contributed by atoms with E-state index in [-0.39, 0.29) is 18.0 Å². The molecule has 0 spiro atoms. The highest BCUT2D eigenvalue weighted by molar-refractivity contribution is 7.89. The first-order valence-electron chi connectivity index (χ1n) is 8.66. The molecule has 3 aromatic rings. The van der Waals surface area contributed by atoms with Crippen molar-refractivity contribution in [3.63, 3.8) is 0 Å². The number of sulfonamides is 1. The maximum atomic E-state index is 13.4. The van der Waals surface area contributed by atoms with Crippen molar-refractivity contribution in [2.24, 2.45) is 0 Å². The summed E-state index contributed by atoms with van der Waals surface area (Å²) in [7, 11) is -2.42. The van der Waals surface area contributed by atoms with Crippen LogP contribution < -0.4 is 4.74 Å². The first-order valence-corrected chi connectivity index (χ1v) is 10.5. The highest BCUT2D eigenvalue weighted by Gasteiger charge is 2.26. The molecule has 1 aromatic heterocycles. The number of aromatic nitrogens is 1. The number of benzene rings is 2. The van der Waals surface area contributed by atoms with Crippen LogP contribution in [0.5, 0.6) is 5.75 Å². The molecule has 8 heteroatoms. The normalized spacial score (nSPS) is 11.2. The van der Waals surface area contributed by atoms with Crippen molar-refractivity contribution < 1.29 is 13.2 Å². The zero-order valence-corrected chi connectivity index (χ0v) is 17.2. The van der Waals surface area contributed by atoms with Crippen LogP contribution in [0.2, 0.25) is 5.02 Å². The molecule has 0 unspecified atom stereocenters. The van der Waals surface area contributed by atoms with Gasteiger partial charge in [-0.2, -0.15) is 9.57 Å². The number of hydrogen-bond acceptors (Lipinski definition) is 5. The largest absolute Gasteiger partial charge is 0.495 e. The number of methoxy groups -OCH3 is 1. The average Bonchev–Trinajstić information content (AvgIpc) is 2.73. The van der Waals surface area contributed by atoms with Crippen molar-refractivity contribution >= 4 is 21.6 Å². The van der Waals surface area contributed by atoms with Gasteiger partial charge < -0.3 is 4.74 Å². The van der Waals surface area contributed by atoms with Crippen LogP contribution in [-0.2, 0) is 23.1 Å². The molecule has 0 bridgehead atoms. The second kappa shape index (κ2) is 9.05. The lowest BCUT2D eigenvalue weighted by Crippen LogP contribution is -2.30. The van der Waals surface area contributed by atoms with Gasteiger partial charge in [-0.25, -0.2) is 8.42 Å². The summed E-state index contributed by atoms with van der Waals surface area (Å²) in [6.45, 7) is 0.146. The molecule has 0 aliphatic carbocycles. The second-order valence-electron chi connectivity index (χ2n) is 6.20. The van der Waals surface area contributed by atoms with Gasteiger partial charge in [0.2, 0.25) is 10.0 Å². The zero-order chi connectivity index (χ0) is 20.9. The van der Waals surface area contributed by atoms with Gasteiger partial charge in [-0.1, -0.05) is 29.8 Å². The maximum Gasteiger partial charge on any atom is 0.243 e. The van der Waals surface area contributed by atoms with Crippen LogP contribution in [0.4, 0.5) is 0 Å². The van der Waals surface area contributed by atoms with E-state index < -0.39 is 10.0 Å². The van der Waals surface area contributed by atoms with Gasteiger partial charge >= 0.3 is 0 Å². The zero-order valence-electron chi connectivity index (χ0n) is 15.6. The first-order chi connectivity index (χ1) is 14.0. The molecule has 6 nitrogen and oxygen atoms in total. The number of nitriles is 1. The average molecular weight is 428 g/mol. The molecule has 0 amide bonds. The Kier molecular flexibility index (Phi) is 6.49. The fourth-order valence-corrected chi connectivity index (χ4v) is 4.63. The molecule has 0 aliphatic heterocycles. The number of ether oxygens (including phenoxy) is 1. The van der Waals surface area contributed by atoms with E-state index in [2.05, 4.69) is 11.1 Å². The lowest BCUT2D eigenvalue weighted by Gasteiger charge is -2.24. The van der Waals surface area contributed by atoms with E-state index in [0.717, 1.165) is 5.56 Å². The van der Waals surface area contributed by atoms with Crippen molar-refractivity contribution in [3.8, 4) is 11.8 Å². The molecule has 0 atom stereocenters. The lowest BCUT2D eigenvalue weighted by atomic mass is 10.1. The quantitative estimate of drug-likeness (QED) is 0.569. The summed E-state index contributed by atoms with van der Waals surface area (Å²) in [6.07, 6.45) is 3.22. The second-order valence-corrected chi connectivity index (χ2v) is 8.57. The van der Waals surface area contributed by atoms with Gasteiger partial charge in [-0.3, -0.25) is 4.98 Å². The Morgan fingerprint density at radius 1 is 1.10 bits per heavy atom. The fraction of sp³-hybridized carbons (Fsp3) is 0.143. The fourth-order valence-electron chi connectivity index (χ4n) is 2.92. The predicted molar refractivity (Wildman–Crippen MR) is 110 cm³/mol. The minimum absolute atomic E-state index is 0.0237. The van der Waals surface area contributed by atoms with Crippen LogP contribution in [0, 0.1) is 11.3 Å². The molecule has 29 heavy (non-hydrogen) atoms. The van der Waals surface area contributed by atoms with Gasteiger partial charge in [-0.05, 0) is 42.0 Å². The molecule has 148 valence electrons. The van der Waals surface area contributed by atoms with Crippen molar-refractivity contribution in [1.82, 2.24) is 9.29 Å². The van der Waals surface area contributed by atoms with Gasteiger partial charge in [0, 0.05) is 36.1 Å². The Balaban J connectivity index is 2.06. The van der Waals surface area contributed by atoms with Crippen molar-refractivity contribution in [3.05, 3.63) is 88.7 Å². The Bertz CT molecular complexity index is 1150. The molecule has 0 N–H and O–H groups in total. The van der Waals surface area contributed by atoms with E-state index in [4.69, 9.17) is 16.3 Å². The Hall–Kier alpha value is -2.92. The third-order valence-electron chi connectivity index (χ3n) is 4.31. The van der Waals surface area contributed by atoms with Gasteiger partial charge in [-0.15, -0.1) is 0 Å². The molecular formula is C21H18ClN3O3S. The Morgan fingerprint density at radius 2 is 1.83 bits per heavy atom. The SMILES string of the molecule is COc1c(C#N)cccc1CN(Cc1ccncc1)S(=O)(=O)c1cccc(Cl)c1. The summed E-state index contributed by atoms with van der Waals surface area (Å²) in [5.74, 6) is 0.357. The molecule has 0 saturated carbocycles. The maximum absolute atomic E-state index is 13.4. The number of nitrogens with zero attached hydrogens (tertiary/aromatic N) is 3. The highest BCUT2D eigenvalue weighted by atomic mass is 35.5. The van der Waals surface area contributed by atoms with Crippen molar-refractivity contribution in [1.29, 1.82) is 5.26 Å². The number of halogens is 1. The summed E-state index contributed by atoms with van der Waals surface area (Å²) >= 11 is 6.02. The van der Waals surface area contributed by atoms with Crippen LogP contribution in [0.3, 0.4) is 0 Å². The van der Waals surface area contributed by atoms with Gasteiger partial charge in [0.1, 0.15) is 11.8 Å². The summed E-state index contributed by atoms with van der Waals surface area (Å²) < 4.78 is 33.5. The molecule has 0 saturated heterocycles. The van der Waals surface area contributed by atoms with E-state index in [9.17, 15) is 13.7 Å². The van der Waals surface area contributed by atoms with Gasteiger partial charge in [0.25, 0.3) is 0 Å². The third kappa shape index (κ3) is 4.74. The molecule has 0 radical (unpaired) electrons. The van der Waals surface area contributed by atoms with Crippen LogP contribution in [0.25, 0.3) is 0 Å². The minimum Gasteiger partial charge on any atom is -0.495 e. The van der Waals surface area contributed by atoms with Crippen molar-refractivity contribution in [2.75, 3.05) is 7.11 Å². The first kappa shape index (κ1) is 20.8. The summed E-state index contributed by atoms with van der Waals surface area (Å²) in [6, 6.07) is 16.8. The van der Waals surface area contributed by atoms with Gasteiger partial charge in [0.15, 0.2) is 0 Å². The van der Waals surface area contributed by atoms with Crippen LogP contribution in [0.15, 0.2) is 71.9 Å². The van der Waals surface area contributed by atoms with E-state index in [0.29, 0.717) is 21.9 Å². The highest BCUT2D eigenvalue weighted by Crippen LogP contribution is 2.28. The smallest absolute Gasteiger partial charge is 0.243 e. The number of hydrogen-bond donors (Lipinski definition) is 0. The van der Waals surface area contributed by atoms with E-state index in [1.165, 1.54) is 23.5 Å². The predicted octanol–water partition coefficient (Wildman–Crippen LogP) is 4.01.